The first-order valence-corrected chi connectivity index (χ1v) is 8.36. The number of nitrogens with one attached hydrogen (secondary N) is 2. The number of benzene rings is 2. The molecule has 3 rings (SSSR count). The van der Waals surface area contributed by atoms with Crippen LogP contribution in [0.2, 0.25) is 0 Å². The number of rotatable bonds is 6. The molecular formula is C20H20N4O2. The van der Waals surface area contributed by atoms with Gasteiger partial charge in [0.15, 0.2) is 0 Å². The smallest absolute Gasteiger partial charge is 0.251 e. The maximum Gasteiger partial charge on any atom is 0.251 e. The molecule has 0 atom stereocenters. The lowest BCUT2D eigenvalue weighted by Crippen LogP contribution is -2.18. The molecule has 0 saturated heterocycles. The van der Waals surface area contributed by atoms with E-state index in [1.165, 1.54) is 0 Å². The van der Waals surface area contributed by atoms with Gasteiger partial charge >= 0.3 is 0 Å². The van der Waals surface area contributed by atoms with Crippen LogP contribution in [0.15, 0.2) is 67.0 Å². The molecular weight excluding hydrogens is 328 g/mol. The first-order chi connectivity index (χ1) is 12.7. The van der Waals surface area contributed by atoms with Crippen molar-refractivity contribution in [2.45, 2.75) is 12.8 Å². The van der Waals surface area contributed by atoms with Crippen molar-refractivity contribution < 1.29 is 9.59 Å². The van der Waals surface area contributed by atoms with Gasteiger partial charge < -0.3 is 10.6 Å². The molecule has 3 aromatic rings. The average Bonchev–Trinajstić information content (AvgIpc) is 3.16. The van der Waals surface area contributed by atoms with Gasteiger partial charge in [0, 0.05) is 30.9 Å². The van der Waals surface area contributed by atoms with Crippen LogP contribution in [0, 0.1) is 0 Å². The zero-order valence-corrected chi connectivity index (χ0v) is 14.5. The Labute approximate surface area is 151 Å². The number of carbonyl (C=O) groups is 2. The Kier molecular flexibility index (Phi) is 5.43. The predicted molar refractivity (Wildman–Crippen MR) is 100 cm³/mol. The molecule has 0 saturated carbocycles. The first kappa shape index (κ1) is 17.4. The fourth-order valence-electron chi connectivity index (χ4n) is 2.58. The third-order valence-corrected chi connectivity index (χ3v) is 3.93. The lowest BCUT2D eigenvalue weighted by molar-refractivity contribution is -0.116. The van der Waals surface area contributed by atoms with Crippen LogP contribution in [0.1, 0.15) is 22.3 Å². The van der Waals surface area contributed by atoms with E-state index in [2.05, 4.69) is 15.7 Å². The van der Waals surface area contributed by atoms with Crippen molar-refractivity contribution in [1.29, 1.82) is 0 Å². The molecule has 0 spiro atoms. The Morgan fingerprint density at radius 2 is 1.88 bits per heavy atom. The van der Waals surface area contributed by atoms with Crippen LogP contribution in [0.3, 0.4) is 0 Å². The van der Waals surface area contributed by atoms with Crippen LogP contribution in [0.4, 0.5) is 5.69 Å². The third-order valence-electron chi connectivity index (χ3n) is 3.93. The summed E-state index contributed by atoms with van der Waals surface area (Å²) in [4.78, 5) is 23.8. The number of para-hydroxylation sites is 1. The second kappa shape index (κ2) is 8.11. The molecule has 0 aliphatic rings. The van der Waals surface area contributed by atoms with Gasteiger partial charge in [-0.25, -0.2) is 4.68 Å². The number of aryl methyl sites for hydroxylation is 1. The summed E-state index contributed by atoms with van der Waals surface area (Å²) < 4.78 is 1.79. The topological polar surface area (TPSA) is 76.0 Å². The lowest BCUT2D eigenvalue weighted by atomic mass is 10.1. The highest BCUT2D eigenvalue weighted by atomic mass is 16.2. The quantitative estimate of drug-likeness (QED) is 0.719. The summed E-state index contributed by atoms with van der Waals surface area (Å²) in [6.45, 7) is 0. The number of carbonyl (C=O) groups excluding carboxylic acids is 2. The maximum absolute atomic E-state index is 12.2. The Balaban J connectivity index is 1.56. The molecule has 0 unspecified atom stereocenters. The molecule has 0 aliphatic carbocycles. The monoisotopic (exact) mass is 348 g/mol. The summed E-state index contributed by atoms with van der Waals surface area (Å²) in [5, 5.41) is 9.72. The van der Waals surface area contributed by atoms with Crippen molar-refractivity contribution in [3.63, 3.8) is 0 Å². The summed E-state index contributed by atoms with van der Waals surface area (Å²) in [5.41, 5.74) is 3.09. The lowest BCUT2D eigenvalue weighted by Gasteiger charge is -2.06. The van der Waals surface area contributed by atoms with Crippen LogP contribution in [-0.4, -0.2) is 28.6 Å². The van der Waals surface area contributed by atoms with Crippen molar-refractivity contribution in [2.75, 3.05) is 12.4 Å². The van der Waals surface area contributed by atoms with Gasteiger partial charge in [0.05, 0.1) is 11.9 Å². The van der Waals surface area contributed by atoms with Crippen molar-refractivity contribution in [3.8, 4) is 5.69 Å². The maximum atomic E-state index is 12.2. The minimum Gasteiger partial charge on any atom is -0.355 e. The Morgan fingerprint density at radius 3 is 2.65 bits per heavy atom. The number of anilines is 1. The largest absolute Gasteiger partial charge is 0.355 e. The van der Waals surface area contributed by atoms with Crippen LogP contribution in [-0.2, 0) is 11.2 Å². The molecule has 2 amide bonds. The zero-order chi connectivity index (χ0) is 18.4. The Bertz CT molecular complexity index is 903. The number of hydrogen-bond acceptors (Lipinski definition) is 3. The van der Waals surface area contributed by atoms with E-state index < -0.39 is 0 Å². The number of nitrogens with zero attached hydrogens (tertiary/aromatic N) is 2. The molecule has 0 aliphatic heterocycles. The number of aromatic nitrogens is 2. The van der Waals surface area contributed by atoms with Gasteiger partial charge in [-0.3, -0.25) is 9.59 Å². The summed E-state index contributed by atoms with van der Waals surface area (Å²) in [5.74, 6) is -0.291. The van der Waals surface area contributed by atoms with Crippen molar-refractivity contribution >= 4 is 17.5 Å². The highest BCUT2D eigenvalue weighted by molar-refractivity contribution is 5.97. The van der Waals surface area contributed by atoms with E-state index in [4.69, 9.17) is 0 Å². The Morgan fingerprint density at radius 1 is 1.08 bits per heavy atom. The Hall–Kier alpha value is -3.41. The van der Waals surface area contributed by atoms with E-state index >= 15 is 0 Å². The molecule has 6 heteroatoms. The molecule has 1 heterocycles. The number of hydrogen-bond donors (Lipinski definition) is 2. The van der Waals surface area contributed by atoms with Crippen LogP contribution in [0.5, 0.6) is 0 Å². The molecule has 0 fully saturated rings. The molecule has 132 valence electrons. The molecule has 2 aromatic carbocycles. The fourth-order valence-corrected chi connectivity index (χ4v) is 2.58. The zero-order valence-electron chi connectivity index (χ0n) is 14.5. The highest BCUT2D eigenvalue weighted by Crippen LogP contribution is 2.13. The second-order valence-corrected chi connectivity index (χ2v) is 5.84. The summed E-state index contributed by atoms with van der Waals surface area (Å²) in [7, 11) is 1.57. The number of amides is 2. The van der Waals surface area contributed by atoms with Gasteiger partial charge in [0.25, 0.3) is 5.91 Å². The fraction of sp³-hybridized carbons (Fsp3) is 0.150. The standard InChI is InChI=1S/C20H20N4O2/c1-21-20(26)16-6-5-7-17(12-16)23-19(25)11-10-15-13-22-24(14-15)18-8-3-2-4-9-18/h2-9,12-14H,10-11H2,1H3,(H,21,26)(H,23,25). The van der Waals surface area contributed by atoms with Crippen LogP contribution in [0.25, 0.3) is 5.69 Å². The van der Waals surface area contributed by atoms with E-state index in [0.29, 0.717) is 24.1 Å². The van der Waals surface area contributed by atoms with Gasteiger partial charge in [0.2, 0.25) is 5.91 Å². The van der Waals surface area contributed by atoms with Gasteiger partial charge in [-0.15, -0.1) is 0 Å². The predicted octanol–water partition coefficient (Wildman–Crippen LogP) is 2.80. The summed E-state index contributed by atoms with van der Waals surface area (Å²) >= 11 is 0. The summed E-state index contributed by atoms with van der Waals surface area (Å²) in [6.07, 6.45) is 4.62. The SMILES string of the molecule is CNC(=O)c1cccc(NC(=O)CCc2cnn(-c3ccccc3)c2)c1. The van der Waals surface area contributed by atoms with Gasteiger partial charge in [-0.05, 0) is 42.3 Å². The van der Waals surface area contributed by atoms with Crippen LogP contribution >= 0.6 is 0 Å². The van der Waals surface area contributed by atoms with Crippen LogP contribution < -0.4 is 10.6 Å². The van der Waals surface area contributed by atoms with Gasteiger partial charge in [0.1, 0.15) is 0 Å². The summed E-state index contributed by atoms with van der Waals surface area (Å²) in [6, 6.07) is 16.7. The van der Waals surface area contributed by atoms with Crippen molar-refractivity contribution in [3.05, 3.63) is 78.1 Å². The highest BCUT2D eigenvalue weighted by Gasteiger charge is 2.08. The van der Waals surface area contributed by atoms with Crippen molar-refractivity contribution in [2.24, 2.45) is 0 Å². The van der Waals surface area contributed by atoms with Gasteiger partial charge in [-0.1, -0.05) is 24.3 Å². The molecule has 6 nitrogen and oxygen atoms in total. The minimum atomic E-state index is -0.186. The minimum absolute atomic E-state index is 0.105. The first-order valence-electron chi connectivity index (χ1n) is 8.36. The molecule has 26 heavy (non-hydrogen) atoms. The molecule has 0 bridgehead atoms. The van der Waals surface area contributed by atoms with E-state index in [-0.39, 0.29) is 11.8 Å². The van der Waals surface area contributed by atoms with E-state index in [9.17, 15) is 9.59 Å². The van der Waals surface area contributed by atoms with Crippen molar-refractivity contribution in [1.82, 2.24) is 15.1 Å². The molecule has 2 N–H and O–H groups in total. The third kappa shape index (κ3) is 4.36. The molecule has 1 aromatic heterocycles. The molecule has 0 radical (unpaired) electrons. The van der Waals surface area contributed by atoms with E-state index in [0.717, 1.165) is 11.3 Å². The van der Waals surface area contributed by atoms with E-state index in [1.807, 2.05) is 36.5 Å². The normalized spacial score (nSPS) is 10.3. The average molecular weight is 348 g/mol. The van der Waals surface area contributed by atoms with E-state index in [1.54, 1.807) is 42.2 Å². The second-order valence-electron chi connectivity index (χ2n) is 5.84. The van der Waals surface area contributed by atoms with Gasteiger partial charge in [-0.2, -0.15) is 5.10 Å².